The summed E-state index contributed by atoms with van der Waals surface area (Å²) in [5.74, 6) is 0.316. The molecular weight excluding hydrogens is 168 g/mol. The van der Waals surface area contributed by atoms with Gasteiger partial charge in [0.2, 0.25) is 5.78 Å². The Kier molecular flexibility index (Phi) is 1.72. The highest BCUT2D eigenvalue weighted by Crippen LogP contribution is 2.30. The minimum atomic E-state index is 0.128. The molecule has 1 heterocycles. The normalized spacial score (nSPS) is 27.3. The minimum absolute atomic E-state index is 0.128. The van der Waals surface area contributed by atoms with E-state index in [2.05, 4.69) is 12.3 Å². The van der Waals surface area contributed by atoms with E-state index in [0.717, 1.165) is 5.56 Å². The maximum atomic E-state index is 11.6. The Hall–Kier alpha value is -0.760. The summed E-state index contributed by atoms with van der Waals surface area (Å²) in [5.41, 5.74) is 0.941. The summed E-state index contributed by atoms with van der Waals surface area (Å²) in [5, 5.41) is 0.197. The van der Waals surface area contributed by atoms with Crippen molar-refractivity contribution in [2.75, 3.05) is 6.26 Å². The van der Waals surface area contributed by atoms with E-state index in [1.54, 1.807) is 0 Å². The maximum Gasteiger partial charge on any atom is 0.220 e. The van der Waals surface area contributed by atoms with Gasteiger partial charge < -0.3 is 0 Å². The molecule has 0 saturated heterocycles. The van der Waals surface area contributed by atoms with Crippen LogP contribution in [0.2, 0.25) is 0 Å². The molecule has 0 radical (unpaired) electrons. The summed E-state index contributed by atoms with van der Waals surface area (Å²) >= 11 is 0. The Labute approximate surface area is 75.1 Å². The molecule has 0 aromatic heterocycles. The average Bonchev–Trinajstić information content (AvgIpc) is 2.33. The van der Waals surface area contributed by atoms with E-state index in [-0.39, 0.29) is 16.1 Å². The van der Waals surface area contributed by atoms with Crippen molar-refractivity contribution in [1.82, 2.24) is 0 Å². The Balaban J connectivity index is 2.59. The number of ketones is 1. The van der Waals surface area contributed by atoms with Crippen LogP contribution < -0.4 is 0 Å². The fourth-order valence-corrected chi connectivity index (χ4v) is 3.16. The molecule has 1 aliphatic rings. The number of fused-ring (bicyclic) bond motifs is 1. The lowest BCUT2D eigenvalue weighted by Crippen LogP contribution is -2.17. The molecule has 1 aromatic rings. The Bertz CT molecular complexity index is 332. The first-order valence-corrected chi connectivity index (χ1v) is 5.69. The summed E-state index contributed by atoms with van der Waals surface area (Å²) in [6, 6.07) is 7.95. The second kappa shape index (κ2) is 2.63. The highest BCUT2D eigenvalue weighted by atomic mass is 32.2. The van der Waals surface area contributed by atoms with Gasteiger partial charge in [-0.05, 0) is 19.1 Å². The summed E-state index contributed by atoms with van der Waals surface area (Å²) in [6.07, 6.45) is 2.15. The molecule has 2 atom stereocenters. The van der Waals surface area contributed by atoms with Crippen molar-refractivity contribution in [1.29, 1.82) is 0 Å². The van der Waals surface area contributed by atoms with E-state index in [9.17, 15) is 4.79 Å². The molecule has 0 N–H and O–H groups in total. The molecule has 2 unspecified atom stereocenters. The number of rotatable bonds is 0. The van der Waals surface area contributed by atoms with Crippen molar-refractivity contribution in [3.8, 4) is 0 Å². The predicted molar refractivity (Wildman–Crippen MR) is 51.8 cm³/mol. The molecule has 0 spiro atoms. The molecular formula is C10H11OS+. The van der Waals surface area contributed by atoms with Gasteiger partial charge in [-0.1, -0.05) is 12.1 Å². The Morgan fingerprint density at radius 2 is 2.00 bits per heavy atom. The summed E-state index contributed by atoms with van der Waals surface area (Å²) < 4.78 is 0. The summed E-state index contributed by atoms with van der Waals surface area (Å²) in [7, 11) is 0.128. The molecule has 2 heteroatoms. The highest BCUT2D eigenvalue weighted by molar-refractivity contribution is 7.98. The topological polar surface area (TPSA) is 17.1 Å². The third kappa shape index (κ3) is 0.911. The van der Waals surface area contributed by atoms with Gasteiger partial charge in [0.25, 0.3) is 0 Å². The molecule has 12 heavy (non-hydrogen) atoms. The van der Waals surface area contributed by atoms with Crippen LogP contribution in [0.3, 0.4) is 0 Å². The van der Waals surface area contributed by atoms with Crippen molar-refractivity contribution in [2.24, 2.45) is 0 Å². The summed E-state index contributed by atoms with van der Waals surface area (Å²) in [6.45, 7) is 2.02. The van der Waals surface area contributed by atoms with Crippen molar-refractivity contribution < 1.29 is 4.79 Å². The lowest BCUT2D eigenvalue weighted by Gasteiger charge is -1.96. The molecule has 1 aromatic carbocycles. The van der Waals surface area contributed by atoms with Gasteiger partial charge in [0.15, 0.2) is 10.1 Å². The van der Waals surface area contributed by atoms with E-state index in [0.29, 0.717) is 5.78 Å². The van der Waals surface area contributed by atoms with Gasteiger partial charge in [0, 0.05) is 10.9 Å². The molecule has 0 amide bonds. The van der Waals surface area contributed by atoms with Gasteiger partial charge >= 0.3 is 0 Å². The monoisotopic (exact) mass is 179 g/mol. The highest BCUT2D eigenvalue weighted by Gasteiger charge is 2.42. The van der Waals surface area contributed by atoms with Crippen LogP contribution in [0.4, 0.5) is 0 Å². The number of benzene rings is 1. The molecule has 62 valence electrons. The molecule has 0 fully saturated rings. The quantitative estimate of drug-likeness (QED) is 0.556. The van der Waals surface area contributed by atoms with Gasteiger partial charge in [-0.2, -0.15) is 0 Å². The summed E-state index contributed by atoms with van der Waals surface area (Å²) in [4.78, 5) is 12.9. The number of carbonyl (C=O) groups excluding carboxylic acids is 1. The van der Waals surface area contributed by atoms with E-state index < -0.39 is 0 Å². The molecule has 2 rings (SSSR count). The van der Waals surface area contributed by atoms with Gasteiger partial charge in [0.1, 0.15) is 6.26 Å². The number of Topliss-reactive ketones (excluding diaryl/α,β-unsaturated/α-hetero) is 1. The second-order valence-electron chi connectivity index (χ2n) is 3.06. The van der Waals surface area contributed by atoms with Crippen molar-refractivity contribution in [2.45, 2.75) is 17.1 Å². The van der Waals surface area contributed by atoms with Crippen LogP contribution in [0.15, 0.2) is 29.2 Å². The van der Waals surface area contributed by atoms with E-state index in [1.165, 1.54) is 4.90 Å². The van der Waals surface area contributed by atoms with Gasteiger partial charge in [-0.3, -0.25) is 4.79 Å². The van der Waals surface area contributed by atoms with Crippen molar-refractivity contribution in [3.63, 3.8) is 0 Å². The molecule has 0 bridgehead atoms. The third-order valence-electron chi connectivity index (χ3n) is 2.40. The van der Waals surface area contributed by atoms with Crippen LogP contribution in [0.25, 0.3) is 0 Å². The molecule has 0 saturated carbocycles. The largest absolute Gasteiger partial charge is 0.288 e. The van der Waals surface area contributed by atoms with Crippen LogP contribution in [-0.2, 0) is 10.9 Å². The molecule has 0 aliphatic carbocycles. The zero-order valence-corrected chi connectivity index (χ0v) is 8.02. The minimum Gasteiger partial charge on any atom is -0.288 e. The third-order valence-corrected chi connectivity index (χ3v) is 4.72. The van der Waals surface area contributed by atoms with E-state index in [4.69, 9.17) is 0 Å². The molecule has 1 nitrogen and oxygen atoms in total. The Morgan fingerprint density at radius 3 is 2.67 bits per heavy atom. The van der Waals surface area contributed by atoms with Crippen LogP contribution in [0.1, 0.15) is 17.3 Å². The number of hydrogen-bond donors (Lipinski definition) is 0. The van der Waals surface area contributed by atoms with Crippen LogP contribution in [-0.4, -0.2) is 17.3 Å². The van der Waals surface area contributed by atoms with Crippen molar-refractivity contribution >= 4 is 16.7 Å². The van der Waals surface area contributed by atoms with Gasteiger partial charge in [0.05, 0.1) is 5.56 Å². The van der Waals surface area contributed by atoms with Crippen molar-refractivity contribution in [3.05, 3.63) is 29.8 Å². The zero-order valence-electron chi connectivity index (χ0n) is 7.20. The molecule has 1 aliphatic heterocycles. The first-order valence-electron chi connectivity index (χ1n) is 4.00. The van der Waals surface area contributed by atoms with Crippen LogP contribution in [0, 0.1) is 0 Å². The van der Waals surface area contributed by atoms with Gasteiger partial charge in [-0.15, -0.1) is 0 Å². The fourth-order valence-electron chi connectivity index (χ4n) is 1.52. The first kappa shape index (κ1) is 7.87. The standard InChI is InChI=1S/C10H11OS/c1-7-10(11)8-5-3-4-6-9(8)12(7)2/h3-7H,1-2H3/q+1. The smallest absolute Gasteiger partial charge is 0.220 e. The lowest BCUT2D eigenvalue weighted by atomic mass is 10.1. The number of hydrogen-bond acceptors (Lipinski definition) is 1. The zero-order chi connectivity index (χ0) is 8.72. The SMILES string of the molecule is CC1C(=O)c2ccccc2[S+]1C. The lowest BCUT2D eigenvalue weighted by molar-refractivity contribution is 0.0995. The average molecular weight is 179 g/mol. The Morgan fingerprint density at radius 1 is 1.33 bits per heavy atom. The van der Waals surface area contributed by atoms with E-state index >= 15 is 0 Å². The van der Waals surface area contributed by atoms with Crippen LogP contribution >= 0.6 is 0 Å². The number of carbonyl (C=O) groups is 1. The fraction of sp³-hybridized carbons (Fsp3) is 0.300. The first-order chi connectivity index (χ1) is 5.72. The van der Waals surface area contributed by atoms with Gasteiger partial charge in [-0.25, -0.2) is 0 Å². The maximum absolute atomic E-state index is 11.6. The predicted octanol–water partition coefficient (Wildman–Crippen LogP) is 1.88. The van der Waals surface area contributed by atoms with Crippen LogP contribution in [0.5, 0.6) is 0 Å². The second-order valence-corrected chi connectivity index (χ2v) is 5.32. The van der Waals surface area contributed by atoms with E-state index in [1.807, 2.05) is 25.1 Å².